The van der Waals surface area contributed by atoms with E-state index in [1.54, 1.807) is 0 Å². The summed E-state index contributed by atoms with van der Waals surface area (Å²) in [6.07, 6.45) is 59.8. The van der Waals surface area contributed by atoms with Crippen molar-refractivity contribution in [3.8, 4) is 0 Å². The van der Waals surface area contributed by atoms with Gasteiger partial charge in [-0.25, -0.2) is 9.13 Å². The first-order valence-corrected chi connectivity index (χ1v) is 45.8. The number of hydrogen-bond acceptors (Lipinski definition) is 15. The average molecular weight is 1490 g/mol. The zero-order valence-corrected chi connectivity index (χ0v) is 69.0. The summed E-state index contributed by atoms with van der Waals surface area (Å²) >= 11 is 0. The van der Waals surface area contributed by atoms with Crippen LogP contribution in [0.1, 0.15) is 428 Å². The van der Waals surface area contributed by atoms with Crippen LogP contribution in [-0.2, 0) is 65.4 Å². The summed E-state index contributed by atoms with van der Waals surface area (Å²) in [4.78, 5) is 73.0. The number of phosphoric acid groups is 2. The van der Waals surface area contributed by atoms with E-state index in [0.717, 1.165) is 114 Å². The van der Waals surface area contributed by atoms with Gasteiger partial charge in [0.1, 0.15) is 19.3 Å². The highest BCUT2D eigenvalue weighted by atomic mass is 31.2. The minimum atomic E-state index is -4.96. The summed E-state index contributed by atoms with van der Waals surface area (Å²) < 4.78 is 68.7. The molecule has 0 bridgehead atoms. The fourth-order valence-electron chi connectivity index (χ4n) is 12.7. The van der Waals surface area contributed by atoms with Crippen LogP contribution in [0.25, 0.3) is 0 Å². The Hall–Kier alpha value is -1.94. The lowest BCUT2D eigenvalue weighted by Crippen LogP contribution is -2.30. The van der Waals surface area contributed by atoms with E-state index in [1.165, 1.54) is 225 Å². The maximum Gasteiger partial charge on any atom is 0.472 e. The molecule has 0 aliphatic rings. The first-order valence-electron chi connectivity index (χ1n) is 42.8. The Morgan fingerprint density at radius 2 is 0.471 bits per heavy atom. The fraction of sp³-hybridized carbons (Fsp3) is 0.952. The van der Waals surface area contributed by atoms with Crippen molar-refractivity contribution < 1.29 is 80.2 Å². The van der Waals surface area contributed by atoms with Gasteiger partial charge in [-0.1, -0.05) is 376 Å². The van der Waals surface area contributed by atoms with Gasteiger partial charge in [0.25, 0.3) is 0 Å². The molecule has 0 aromatic rings. The zero-order valence-electron chi connectivity index (χ0n) is 67.2. The third-order valence-corrected chi connectivity index (χ3v) is 21.9. The van der Waals surface area contributed by atoms with Crippen molar-refractivity contribution in [2.24, 2.45) is 23.7 Å². The molecule has 17 nitrogen and oxygen atoms in total. The van der Waals surface area contributed by atoms with Crippen LogP contribution in [0.4, 0.5) is 0 Å². The molecule has 0 saturated carbocycles. The normalized spacial score (nSPS) is 14.5. The molecule has 0 aliphatic heterocycles. The molecule has 5 unspecified atom stereocenters. The third kappa shape index (κ3) is 73.6. The Bertz CT molecular complexity index is 1990. The Balaban J connectivity index is 5.16. The smallest absolute Gasteiger partial charge is 0.462 e. The molecule has 0 saturated heterocycles. The van der Waals surface area contributed by atoms with Gasteiger partial charge in [-0.3, -0.25) is 37.3 Å². The van der Waals surface area contributed by atoms with E-state index in [4.69, 9.17) is 37.0 Å². The molecule has 0 spiro atoms. The summed E-state index contributed by atoms with van der Waals surface area (Å²) in [7, 11) is -9.92. The van der Waals surface area contributed by atoms with Crippen molar-refractivity contribution in [3.63, 3.8) is 0 Å². The molecule has 0 aliphatic carbocycles. The lowest BCUT2D eigenvalue weighted by Gasteiger charge is -2.21. The average Bonchev–Trinajstić information content (AvgIpc) is 0.924. The molecular weight excluding hydrogens is 1330 g/mol. The minimum Gasteiger partial charge on any atom is -0.462 e. The van der Waals surface area contributed by atoms with E-state index in [9.17, 15) is 43.2 Å². The van der Waals surface area contributed by atoms with Crippen molar-refractivity contribution in [2.45, 2.75) is 446 Å². The Morgan fingerprint density at radius 3 is 0.696 bits per heavy atom. The van der Waals surface area contributed by atoms with Crippen molar-refractivity contribution >= 4 is 39.5 Å². The summed E-state index contributed by atoms with van der Waals surface area (Å²) in [5.74, 6) is 1.04. The SMILES string of the molecule is CCC(C)CCCCCCCCCCCCCCCCCCCCC(=O)OC[C@H](COP(=O)(O)OCC(O)COP(=O)(O)OC[C@@H](COC(=O)CCCCCCCCCC(C)C)OC(=O)CCCCCCCCCCCCCCCCCC(C)C)OC(=O)CCCCCCCCCCC(C)CC. The number of esters is 4. The van der Waals surface area contributed by atoms with Crippen LogP contribution in [0, 0.1) is 23.7 Å². The number of rotatable bonds is 80. The van der Waals surface area contributed by atoms with Crippen molar-refractivity contribution in [3.05, 3.63) is 0 Å². The number of hydrogen-bond donors (Lipinski definition) is 3. The van der Waals surface area contributed by atoms with E-state index in [0.29, 0.717) is 31.6 Å². The Kier molecular flexibility index (Phi) is 70.6. The summed E-state index contributed by atoms with van der Waals surface area (Å²) in [6, 6.07) is 0. The third-order valence-electron chi connectivity index (χ3n) is 20.0. The number of aliphatic hydroxyl groups is 1. The molecule has 0 amide bonds. The largest absolute Gasteiger partial charge is 0.472 e. The highest BCUT2D eigenvalue weighted by molar-refractivity contribution is 7.47. The zero-order chi connectivity index (χ0) is 75.3. The van der Waals surface area contributed by atoms with E-state index in [2.05, 4.69) is 55.4 Å². The van der Waals surface area contributed by atoms with E-state index in [-0.39, 0.29) is 25.7 Å². The number of ether oxygens (including phenoxy) is 4. The monoisotopic (exact) mass is 1490 g/mol. The van der Waals surface area contributed by atoms with Gasteiger partial charge < -0.3 is 33.8 Å². The molecule has 3 N–H and O–H groups in total. The fourth-order valence-corrected chi connectivity index (χ4v) is 14.3. The molecule has 7 atom stereocenters. The minimum absolute atomic E-state index is 0.105. The van der Waals surface area contributed by atoms with Crippen molar-refractivity contribution in [2.75, 3.05) is 39.6 Å². The number of unbranched alkanes of at least 4 members (excludes halogenated alkanes) is 44. The quantitative estimate of drug-likeness (QED) is 0.0222. The van der Waals surface area contributed by atoms with Gasteiger partial charge in [-0.15, -0.1) is 0 Å². The molecule has 0 radical (unpaired) electrons. The topological polar surface area (TPSA) is 237 Å². The first-order chi connectivity index (χ1) is 49.2. The van der Waals surface area contributed by atoms with Gasteiger partial charge in [-0.05, 0) is 49.4 Å². The van der Waals surface area contributed by atoms with Crippen LogP contribution >= 0.6 is 15.6 Å². The Morgan fingerprint density at radius 1 is 0.275 bits per heavy atom. The maximum absolute atomic E-state index is 13.1. The van der Waals surface area contributed by atoms with Crippen molar-refractivity contribution in [1.29, 1.82) is 0 Å². The molecule has 102 heavy (non-hydrogen) atoms. The number of phosphoric ester groups is 2. The van der Waals surface area contributed by atoms with Crippen LogP contribution in [-0.4, -0.2) is 96.7 Å². The number of aliphatic hydroxyl groups excluding tert-OH is 1. The second-order valence-electron chi connectivity index (χ2n) is 31.3. The van der Waals surface area contributed by atoms with Gasteiger partial charge >= 0.3 is 39.5 Å². The summed E-state index contributed by atoms with van der Waals surface area (Å²) in [5, 5.41) is 10.6. The predicted molar refractivity (Wildman–Crippen MR) is 418 cm³/mol. The molecule has 0 fully saturated rings. The molecule has 0 aromatic carbocycles. The standard InChI is InChI=1S/C83H162O17P2/c1-9-75(7)61-53-45-37-29-25-21-17-13-11-12-14-18-22-26-30-39-47-55-63-80(85)93-69-78(100-83(88)66-58-50-41-33-32-38-46-54-62-76(8)10-2)71-97-101(89,90)95-67-77(84)68-96-102(91,92)98-72-79(70-94-81(86)64-56-48-42-34-36-44-52-60-74(5)6)99-82(87)65-57-49-40-31-27-23-19-15-16-20-24-28-35-43-51-59-73(3)4/h73-79,84H,9-72H2,1-8H3,(H,89,90)(H,91,92)/t75?,76?,77?,78-,79-/m1/s1. The first kappa shape index (κ1) is 100. The van der Waals surface area contributed by atoms with Crippen LogP contribution in [0.2, 0.25) is 0 Å². The lowest BCUT2D eigenvalue weighted by molar-refractivity contribution is -0.161. The second kappa shape index (κ2) is 72.0. The van der Waals surface area contributed by atoms with Gasteiger partial charge in [0.15, 0.2) is 12.2 Å². The molecule has 19 heteroatoms. The Labute approximate surface area is 626 Å². The van der Waals surface area contributed by atoms with Gasteiger partial charge in [0.2, 0.25) is 0 Å². The van der Waals surface area contributed by atoms with Crippen LogP contribution in [0.15, 0.2) is 0 Å². The molecule has 0 aromatic heterocycles. The van der Waals surface area contributed by atoms with E-state index >= 15 is 0 Å². The molecule has 0 rings (SSSR count). The summed E-state index contributed by atoms with van der Waals surface area (Å²) in [6.45, 7) is 14.3. The lowest BCUT2D eigenvalue weighted by atomic mass is 9.99. The van der Waals surface area contributed by atoms with Gasteiger partial charge in [-0.2, -0.15) is 0 Å². The number of carbonyl (C=O) groups is 4. The molecule has 606 valence electrons. The maximum atomic E-state index is 13.1. The van der Waals surface area contributed by atoms with Crippen molar-refractivity contribution in [1.82, 2.24) is 0 Å². The highest BCUT2D eigenvalue weighted by Crippen LogP contribution is 2.45. The molecular formula is C83H162O17P2. The highest BCUT2D eigenvalue weighted by Gasteiger charge is 2.30. The molecule has 0 heterocycles. The van der Waals surface area contributed by atoms with Gasteiger partial charge in [0.05, 0.1) is 26.4 Å². The van der Waals surface area contributed by atoms with Crippen LogP contribution < -0.4 is 0 Å². The van der Waals surface area contributed by atoms with Gasteiger partial charge in [0, 0.05) is 25.7 Å². The van der Waals surface area contributed by atoms with E-state index in [1.807, 2.05) is 0 Å². The predicted octanol–water partition coefficient (Wildman–Crippen LogP) is 24.8. The van der Waals surface area contributed by atoms with Crippen LogP contribution in [0.3, 0.4) is 0 Å². The van der Waals surface area contributed by atoms with Crippen LogP contribution in [0.5, 0.6) is 0 Å². The summed E-state index contributed by atoms with van der Waals surface area (Å²) in [5.41, 5.74) is 0. The second-order valence-corrected chi connectivity index (χ2v) is 34.2. The number of carbonyl (C=O) groups excluding carboxylic acids is 4. The van der Waals surface area contributed by atoms with E-state index < -0.39 is 97.5 Å².